The summed E-state index contributed by atoms with van der Waals surface area (Å²) in [5, 5.41) is 3.45. The Morgan fingerprint density at radius 2 is 2.06 bits per heavy atom. The normalized spacial score (nSPS) is 11.4. The number of halogens is 1. The Hall–Kier alpha value is -1.16. The molecule has 0 aliphatic heterocycles. The number of aldehydes is 1. The number of aromatic nitrogens is 2. The summed E-state index contributed by atoms with van der Waals surface area (Å²) in [5.74, 6) is 1.06. The van der Waals surface area contributed by atoms with Crippen LogP contribution in [-0.2, 0) is 0 Å². The lowest BCUT2D eigenvalue weighted by atomic mass is 9.99. The highest BCUT2D eigenvalue weighted by Crippen LogP contribution is 2.24. The largest absolute Gasteiger partial charge is 0.364 e. The highest BCUT2D eigenvalue weighted by molar-refractivity contribution is 6.32. The number of carbonyl (C=O) groups is 1. The summed E-state index contributed by atoms with van der Waals surface area (Å²) in [5.41, 5.74) is 0.192. The summed E-state index contributed by atoms with van der Waals surface area (Å²) in [7, 11) is 0. The predicted molar refractivity (Wildman–Crippen MR) is 69.8 cm³/mol. The molecule has 0 aliphatic carbocycles. The van der Waals surface area contributed by atoms with Gasteiger partial charge in [0.2, 0.25) is 0 Å². The monoisotopic (exact) mass is 255 g/mol. The lowest BCUT2D eigenvalue weighted by molar-refractivity contribution is 0.112. The standard InChI is InChI=1S/C12H18ClN3O/c1-5-6-12(3,4)16-11-9(7-17)10(13)14-8(2)15-11/h7H,5-6H2,1-4H3,(H,14,15,16). The molecule has 0 aliphatic rings. The van der Waals surface area contributed by atoms with E-state index in [0.717, 1.165) is 12.8 Å². The van der Waals surface area contributed by atoms with Crippen molar-refractivity contribution in [3.8, 4) is 0 Å². The van der Waals surface area contributed by atoms with E-state index in [1.807, 2.05) is 0 Å². The molecule has 1 N–H and O–H groups in total. The molecule has 5 heteroatoms. The molecule has 94 valence electrons. The predicted octanol–water partition coefficient (Wildman–Crippen LogP) is 3.24. The van der Waals surface area contributed by atoms with Gasteiger partial charge in [-0.25, -0.2) is 9.97 Å². The number of rotatable bonds is 5. The summed E-state index contributed by atoms with van der Waals surface area (Å²) < 4.78 is 0. The number of nitrogens with zero attached hydrogens (tertiary/aromatic N) is 2. The van der Waals surface area contributed by atoms with Crippen molar-refractivity contribution in [1.82, 2.24) is 9.97 Å². The molecule has 1 rings (SSSR count). The molecular weight excluding hydrogens is 238 g/mol. The fraction of sp³-hybridized carbons (Fsp3) is 0.583. The van der Waals surface area contributed by atoms with Crippen molar-refractivity contribution in [2.75, 3.05) is 5.32 Å². The van der Waals surface area contributed by atoms with E-state index in [9.17, 15) is 4.79 Å². The molecule has 1 aromatic rings. The molecule has 0 unspecified atom stereocenters. The number of anilines is 1. The molecule has 0 saturated carbocycles. The Balaban J connectivity index is 3.09. The van der Waals surface area contributed by atoms with E-state index in [1.54, 1.807) is 6.92 Å². The zero-order valence-electron chi connectivity index (χ0n) is 10.7. The van der Waals surface area contributed by atoms with Crippen molar-refractivity contribution < 1.29 is 4.79 Å². The van der Waals surface area contributed by atoms with Gasteiger partial charge in [0.05, 0.1) is 5.56 Å². The van der Waals surface area contributed by atoms with Crippen LogP contribution < -0.4 is 5.32 Å². The minimum Gasteiger partial charge on any atom is -0.364 e. The first kappa shape index (κ1) is 13.9. The van der Waals surface area contributed by atoms with Crippen LogP contribution in [-0.4, -0.2) is 21.8 Å². The fourth-order valence-electron chi connectivity index (χ4n) is 1.75. The van der Waals surface area contributed by atoms with E-state index >= 15 is 0 Å². The topological polar surface area (TPSA) is 54.9 Å². The fourth-order valence-corrected chi connectivity index (χ4v) is 2.01. The van der Waals surface area contributed by atoms with Crippen LogP contribution in [0.2, 0.25) is 5.15 Å². The zero-order chi connectivity index (χ0) is 13.1. The van der Waals surface area contributed by atoms with Gasteiger partial charge in [-0.05, 0) is 27.2 Å². The van der Waals surface area contributed by atoms with E-state index in [-0.39, 0.29) is 10.7 Å². The molecule has 0 saturated heterocycles. The average Bonchev–Trinajstić information content (AvgIpc) is 2.15. The number of carbonyl (C=O) groups excluding carboxylic acids is 1. The van der Waals surface area contributed by atoms with Crippen LogP contribution in [0.5, 0.6) is 0 Å². The van der Waals surface area contributed by atoms with Crippen molar-refractivity contribution >= 4 is 23.7 Å². The van der Waals surface area contributed by atoms with Gasteiger partial charge >= 0.3 is 0 Å². The van der Waals surface area contributed by atoms with Crippen LogP contribution in [0, 0.1) is 6.92 Å². The first-order valence-corrected chi connectivity index (χ1v) is 6.05. The average molecular weight is 256 g/mol. The summed E-state index contributed by atoms with van der Waals surface area (Å²) in [6.07, 6.45) is 2.71. The summed E-state index contributed by atoms with van der Waals surface area (Å²) in [6, 6.07) is 0. The van der Waals surface area contributed by atoms with Gasteiger partial charge in [-0.15, -0.1) is 0 Å². The number of hydrogen-bond acceptors (Lipinski definition) is 4. The van der Waals surface area contributed by atoms with E-state index < -0.39 is 0 Å². The van der Waals surface area contributed by atoms with Crippen molar-refractivity contribution in [3.63, 3.8) is 0 Å². The molecule has 0 bridgehead atoms. The van der Waals surface area contributed by atoms with Gasteiger partial charge in [-0.3, -0.25) is 4.79 Å². The first-order chi connectivity index (χ1) is 7.89. The molecule has 0 radical (unpaired) electrons. The summed E-state index contributed by atoms with van der Waals surface area (Å²) in [4.78, 5) is 19.2. The minimum atomic E-state index is -0.128. The molecule has 0 atom stereocenters. The van der Waals surface area contributed by atoms with Crippen LogP contribution in [0.25, 0.3) is 0 Å². The Bertz CT molecular complexity index is 418. The van der Waals surface area contributed by atoms with Gasteiger partial charge in [0, 0.05) is 5.54 Å². The van der Waals surface area contributed by atoms with Gasteiger partial charge in [-0.2, -0.15) is 0 Å². The first-order valence-electron chi connectivity index (χ1n) is 5.67. The third-order valence-corrected chi connectivity index (χ3v) is 2.75. The van der Waals surface area contributed by atoms with E-state index in [0.29, 0.717) is 23.5 Å². The van der Waals surface area contributed by atoms with Crippen molar-refractivity contribution in [2.24, 2.45) is 0 Å². The lowest BCUT2D eigenvalue weighted by Crippen LogP contribution is -2.31. The molecule has 1 aromatic heterocycles. The Kier molecular flexibility index (Phi) is 4.46. The van der Waals surface area contributed by atoms with Crippen LogP contribution in [0.15, 0.2) is 0 Å². The Morgan fingerprint density at radius 3 is 2.59 bits per heavy atom. The third-order valence-electron chi connectivity index (χ3n) is 2.46. The molecule has 0 fully saturated rings. The van der Waals surface area contributed by atoms with Crippen LogP contribution >= 0.6 is 11.6 Å². The van der Waals surface area contributed by atoms with Crippen molar-refractivity contribution in [3.05, 3.63) is 16.5 Å². The number of nitrogens with one attached hydrogen (secondary N) is 1. The van der Waals surface area contributed by atoms with Crippen molar-refractivity contribution in [1.29, 1.82) is 0 Å². The third kappa shape index (κ3) is 3.66. The lowest BCUT2D eigenvalue weighted by Gasteiger charge is -2.27. The van der Waals surface area contributed by atoms with Gasteiger partial charge in [0.15, 0.2) is 6.29 Å². The second-order valence-corrected chi connectivity index (χ2v) is 5.06. The maximum absolute atomic E-state index is 11.0. The molecule has 17 heavy (non-hydrogen) atoms. The highest BCUT2D eigenvalue weighted by Gasteiger charge is 2.20. The van der Waals surface area contributed by atoms with Crippen molar-refractivity contribution in [2.45, 2.75) is 46.1 Å². The second kappa shape index (κ2) is 5.45. The molecule has 0 spiro atoms. The Labute approximate surface area is 107 Å². The molecular formula is C12H18ClN3O. The molecule has 1 heterocycles. The van der Waals surface area contributed by atoms with Crippen LogP contribution in [0.3, 0.4) is 0 Å². The Morgan fingerprint density at radius 1 is 1.41 bits per heavy atom. The number of hydrogen-bond donors (Lipinski definition) is 1. The van der Waals surface area contributed by atoms with E-state index in [2.05, 4.69) is 36.1 Å². The minimum absolute atomic E-state index is 0.128. The van der Waals surface area contributed by atoms with Gasteiger partial charge in [0.1, 0.15) is 16.8 Å². The molecule has 0 aromatic carbocycles. The van der Waals surface area contributed by atoms with E-state index in [1.165, 1.54) is 0 Å². The van der Waals surface area contributed by atoms with E-state index in [4.69, 9.17) is 11.6 Å². The summed E-state index contributed by atoms with van der Waals surface area (Å²) >= 11 is 5.92. The molecule has 0 amide bonds. The van der Waals surface area contributed by atoms with Crippen LogP contribution in [0.4, 0.5) is 5.82 Å². The maximum atomic E-state index is 11.0. The quantitative estimate of drug-likeness (QED) is 0.648. The zero-order valence-corrected chi connectivity index (χ0v) is 11.4. The maximum Gasteiger partial charge on any atom is 0.156 e. The SMILES string of the molecule is CCCC(C)(C)Nc1nc(C)nc(Cl)c1C=O. The van der Waals surface area contributed by atoms with Gasteiger partial charge in [-0.1, -0.05) is 24.9 Å². The van der Waals surface area contributed by atoms with Crippen LogP contribution in [0.1, 0.15) is 49.8 Å². The summed E-state index contributed by atoms with van der Waals surface area (Å²) in [6.45, 7) is 7.99. The smallest absolute Gasteiger partial charge is 0.156 e. The highest BCUT2D eigenvalue weighted by atomic mass is 35.5. The van der Waals surface area contributed by atoms with Gasteiger partial charge < -0.3 is 5.32 Å². The molecule has 4 nitrogen and oxygen atoms in total. The number of aryl methyl sites for hydroxylation is 1. The van der Waals surface area contributed by atoms with Gasteiger partial charge in [0.25, 0.3) is 0 Å². The second-order valence-electron chi connectivity index (χ2n) is 4.70.